The number of benzene rings is 1. The topological polar surface area (TPSA) is 97.5 Å². The molecule has 0 bridgehead atoms. The molecule has 0 amide bonds. The summed E-state index contributed by atoms with van der Waals surface area (Å²) >= 11 is 0. The number of hydrogen-bond donors (Lipinski definition) is 2. The van der Waals surface area contributed by atoms with E-state index >= 15 is 0 Å². The minimum Gasteiger partial charge on any atom is -0.481 e. The summed E-state index contributed by atoms with van der Waals surface area (Å²) in [5, 5.41) is 13.2. The van der Waals surface area contributed by atoms with Crippen LogP contribution in [0.15, 0.2) is 29.2 Å². The van der Waals surface area contributed by atoms with Gasteiger partial charge < -0.3 is 5.11 Å². The van der Waals surface area contributed by atoms with Crippen LogP contribution in [0.2, 0.25) is 0 Å². The van der Waals surface area contributed by atoms with Gasteiger partial charge in [-0.3, -0.25) is 4.79 Å². The summed E-state index contributed by atoms with van der Waals surface area (Å²) in [5.41, 5.74) is 0.0960. The summed E-state index contributed by atoms with van der Waals surface area (Å²) in [7, 11) is -3.93. The van der Waals surface area contributed by atoms with E-state index in [2.05, 4.69) is 0 Å². The number of carboxylic acid groups (broad SMARTS) is 1. The van der Waals surface area contributed by atoms with E-state index in [4.69, 9.17) is 10.2 Å². The van der Waals surface area contributed by atoms with Gasteiger partial charge in [0.05, 0.1) is 11.3 Å². The van der Waals surface area contributed by atoms with Crippen molar-refractivity contribution in [3.05, 3.63) is 35.7 Å². The molecular weight excluding hydrogens is 249 g/mol. The Morgan fingerprint density at radius 2 is 2.12 bits per heavy atom. The van der Waals surface area contributed by atoms with Crippen molar-refractivity contribution in [3.63, 3.8) is 0 Å². The maximum atomic E-state index is 13.4. The number of sulfonamides is 1. The highest BCUT2D eigenvalue weighted by Crippen LogP contribution is 2.15. The molecule has 0 saturated carbocycles. The Morgan fingerprint density at radius 1 is 1.47 bits per heavy atom. The Hall–Kier alpha value is -1.73. The van der Waals surface area contributed by atoms with Crippen molar-refractivity contribution in [1.82, 2.24) is 0 Å². The molecule has 0 aromatic heterocycles. The van der Waals surface area contributed by atoms with Crippen LogP contribution in [0.1, 0.15) is 12.0 Å². The predicted molar refractivity (Wildman–Crippen MR) is 59.1 cm³/mol. The summed E-state index contributed by atoms with van der Waals surface area (Å²) in [6, 6.07) is 3.15. The van der Waals surface area contributed by atoms with E-state index < -0.39 is 21.8 Å². The van der Waals surface area contributed by atoms with Gasteiger partial charge in [0.1, 0.15) is 5.82 Å². The first kappa shape index (κ1) is 13.3. The number of aliphatic carboxylic acids is 1. The Morgan fingerprint density at radius 3 is 2.59 bits per heavy atom. The lowest BCUT2D eigenvalue weighted by atomic mass is 10.2. The van der Waals surface area contributed by atoms with Crippen LogP contribution in [0, 0.1) is 5.82 Å². The van der Waals surface area contributed by atoms with Gasteiger partial charge in [0.25, 0.3) is 0 Å². The van der Waals surface area contributed by atoms with Crippen molar-refractivity contribution >= 4 is 22.1 Å². The third kappa shape index (κ3) is 3.97. The molecule has 1 rings (SSSR count). The van der Waals surface area contributed by atoms with Gasteiger partial charge in [0.2, 0.25) is 10.0 Å². The second-order valence-electron chi connectivity index (χ2n) is 3.23. The second kappa shape index (κ2) is 5.07. The smallest absolute Gasteiger partial charge is 0.307 e. The van der Waals surface area contributed by atoms with E-state index in [1.54, 1.807) is 0 Å². The van der Waals surface area contributed by atoms with E-state index in [1.807, 2.05) is 0 Å². The van der Waals surface area contributed by atoms with Crippen molar-refractivity contribution in [1.29, 1.82) is 0 Å². The fraction of sp³-hybridized carbons (Fsp3) is 0.100. The molecule has 0 spiro atoms. The summed E-state index contributed by atoms with van der Waals surface area (Å²) in [6.07, 6.45) is 2.28. The van der Waals surface area contributed by atoms with Crippen molar-refractivity contribution in [3.8, 4) is 0 Å². The third-order valence-corrected chi connectivity index (χ3v) is 2.80. The molecule has 0 fully saturated rings. The lowest BCUT2D eigenvalue weighted by molar-refractivity contribution is -0.135. The zero-order valence-corrected chi connectivity index (χ0v) is 9.45. The molecule has 0 unspecified atom stereocenters. The normalized spacial score (nSPS) is 11.9. The largest absolute Gasteiger partial charge is 0.481 e. The van der Waals surface area contributed by atoms with Crippen LogP contribution in [0.4, 0.5) is 4.39 Å². The molecule has 0 aliphatic carbocycles. The van der Waals surface area contributed by atoms with Crippen LogP contribution in [0.5, 0.6) is 0 Å². The van der Waals surface area contributed by atoms with Crippen LogP contribution in [-0.4, -0.2) is 19.5 Å². The van der Waals surface area contributed by atoms with Crippen LogP contribution in [0.3, 0.4) is 0 Å². The Bertz CT molecular complexity index is 566. The van der Waals surface area contributed by atoms with Gasteiger partial charge in [-0.25, -0.2) is 17.9 Å². The van der Waals surface area contributed by atoms with Crippen molar-refractivity contribution in [2.24, 2.45) is 5.14 Å². The number of hydrogen-bond acceptors (Lipinski definition) is 3. The molecule has 92 valence electrons. The maximum Gasteiger partial charge on any atom is 0.307 e. The first-order valence-corrected chi connectivity index (χ1v) is 6.06. The van der Waals surface area contributed by atoms with Gasteiger partial charge in [0.15, 0.2) is 0 Å². The molecule has 1 aromatic rings. The molecule has 0 atom stereocenters. The average Bonchev–Trinajstić information content (AvgIpc) is 2.18. The van der Waals surface area contributed by atoms with Crippen molar-refractivity contribution in [2.45, 2.75) is 11.3 Å². The monoisotopic (exact) mass is 259 g/mol. The summed E-state index contributed by atoms with van der Waals surface area (Å²) in [6.45, 7) is 0. The fourth-order valence-corrected chi connectivity index (χ4v) is 1.63. The third-order valence-electron chi connectivity index (χ3n) is 1.89. The molecule has 0 heterocycles. The van der Waals surface area contributed by atoms with Gasteiger partial charge in [-0.1, -0.05) is 18.2 Å². The van der Waals surface area contributed by atoms with Gasteiger partial charge in [-0.15, -0.1) is 0 Å². The van der Waals surface area contributed by atoms with Gasteiger partial charge in [-0.05, 0) is 12.1 Å². The average molecular weight is 259 g/mol. The first-order chi connectivity index (χ1) is 7.80. The van der Waals surface area contributed by atoms with E-state index in [1.165, 1.54) is 18.2 Å². The van der Waals surface area contributed by atoms with Crippen LogP contribution in [-0.2, 0) is 14.8 Å². The number of carbonyl (C=O) groups is 1. The van der Waals surface area contributed by atoms with Crippen LogP contribution in [0.25, 0.3) is 6.08 Å². The lowest BCUT2D eigenvalue weighted by Crippen LogP contribution is -2.12. The van der Waals surface area contributed by atoms with Crippen molar-refractivity contribution < 1.29 is 22.7 Å². The minimum absolute atomic E-state index is 0.0960. The minimum atomic E-state index is -3.93. The SMILES string of the molecule is NS(=O)(=O)c1ccc(C=CCC(=O)O)c(F)c1. The molecule has 17 heavy (non-hydrogen) atoms. The number of halogens is 1. The molecule has 0 radical (unpaired) electrons. The van der Waals surface area contributed by atoms with Gasteiger partial charge in [0, 0.05) is 5.56 Å². The number of rotatable bonds is 4. The van der Waals surface area contributed by atoms with E-state index in [-0.39, 0.29) is 16.9 Å². The standard InChI is InChI=1S/C10H10FNO4S/c11-9-6-8(17(12,15)16)5-4-7(9)2-1-3-10(13)14/h1-2,4-6H,3H2,(H,13,14)(H2,12,15,16). The Labute approximate surface area is 97.4 Å². The summed E-state index contributed by atoms with van der Waals surface area (Å²) < 4.78 is 35.2. The molecule has 3 N–H and O–H groups in total. The quantitative estimate of drug-likeness (QED) is 0.841. The number of carboxylic acids is 1. The first-order valence-electron chi connectivity index (χ1n) is 4.51. The number of nitrogens with two attached hydrogens (primary N) is 1. The highest BCUT2D eigenvalue weighted by atomic mass is 32.2. The summed E-state index contributed by atoms with van der Waals surface area (Å²) in [4.78, 5) is 9.89. The van der Waals surface area contributed by atoms with Crippen LogP contribution < -0.4 is 5.14 Å². The molecular formula is C10H10FNO4S. The molecule has 1 aromatic carbocycles. The molecule has 0 aliphatic rings. The highest BCUT2D eigenvalue weighted by Gasteiger charge is 2.10. The fourth-order valence-electron chi connectivity index (χ4n) is 1.11. The van der Waals surface area contributed by atoms with E-state index in [0.29, 0.717) is 0 Å². The van der Waals surface area contributed by atoms with Gasteiger partial charge in [-0.2, -0.15) is 0 Å². The molecule has 7 heteroatoms. The van der Waals surface area contributed by atoms with E-state index in [0.717, 1.165) is 12.1 Å². The van der Waals surface area contributed by atoms with Crippen molar-refractivity contribution in [2.75, 3.05) is 0 Å². The zero-order chi connectivity index (χ0) is 13.1. The Balaban J connectivity index is 2.99. The number of primary sulfonamides is 1. The molecule has 0 aliphatic heterocycles. The molecule has 5 nitrogen and oxygen atoms in total. The Kier molecular flexibility index (Phi) is 3.97. The predicted octanol–water partition coefficient (Wildman–Crippen LogP) is 0.961. The highest BCUT2D eigenvalue weighted by molar-refractivity contribution is 7.89. The maximum absolute atomic E-state index is 13.4. The van der Waals surface area contributed by atoms with Crippen LogP contribution >= 0.6 is 0 Å². The zero-order valence-electron chi connectivity index (χ0n) is 8.63. The molecule has 0 saturated heterocycles. The summed E-state index contributed by atoms with van der Waals surface area (Å²) in [5.74, 6) is -1.82. The second-order valence-corrected chi connectivity index (χ2v) is 4.79. The lowest BCUT2D eigenvalue weighted by Gasteiger charge is -2.00. The van der Waals surface area contributed by atoms with Gasteiger partial charge >= 0.3 is 5.97 Å². The van der Waals surface area contributed by atoms with E-state index in [9.17, 15) is 17.6 Å².